The Morgan fingerprint density at radius 2 is 1.27 bits per heavy atom. The second-order valence-corrected chi connectivity index (χ2v) is 13.2. The molecular weight excluding hydrogens is 682 g/mol. The van der Waals surface area contributed by atoms with Gasteiger partial charge < -0.3 is 28.5 Å². The molecule has 52 heavy (non-hydrogen) atoms. The zero-order valence-corrected chi connectivity index (χ0v) is 26.8. The molecule has 13 heteroatoms. The fraction of sp³-hybridized carbons (Fsp3) is 0.179. The highest BCUT2D eigenvalue weighted by Crippen LogP contribution is 2.57. The van der Waals surface area contributed by atoms with Gasteiger partial charge in [-0.05, 0) is 23.3 Å². The van der Waals surface area contributed by atoms with Crippen molar-refractivity contribution in [2.45, 2.75) is 37.4 Å². The number of ether oxygens (including phenoxy) is 3. The molecule has 2 bridgehead atoms. The number of rotatable bonds is 7. The molecule has 0 aliphatic carbocycles. The van der Waals surface area contributed by atoms with Gasteiger partial charge in [-0.2, -0.15) is 0 Å². The van der Waals surface area contributed by atoms with Crippen LogP contribution in [0, 0.1) is 23.3 Å². The van der Waals surface area contributed by atoms with Crippen LogP contribution in [0.1, 0.15) is 38.1 Å². The lowest BCUT2D eigenvalue weighted by Gasteiger charge is -2.39. The molecule has 2 aromatic heterocycles. The number of fused-ring (bicyclic) bond motifs is 13. The van der Waals surface area contributed by atoms with Crippen molar-refractivity contribution >= 4 is 55.4 Å². The molecule has 2 amide bonds. The number of aromatic nitrogens is 2. The van der Waals surface area contributed by atoms with E-state index in [1.165, 1.54) is 0 Å². The molecule has 2 unspecified atom stereocenters. The predicted molar refractivity (Wildman–Crippen MR) is 179 cm³/mol. The first-order chi connectivity index (χ1) is 25.2. The van der Waals surface area contributed by atoms with Crippen molar-refractivity contribution in [3.05, 3.63) is 130 Å². The zero-order valence-electron chi connectivity index (χ0n) is 26.8. The van der Waals surface area contributed by atoms with Crippen LogP contribution in [0.15, 0.2) is 84.9 Å². The maximum Gasteiger partial charge on any atom is 0.259 e. The number of halogens is 4. The molecule has 2 N–H and O–H groups in total. The van der Waals surface area contributed by atoms with Crippen LogP contribution in [0.3, 0.4) is 0 Å². The van der Waals surface area contributed by atoms with E-state index in [2.05, 4.69) is 5.32 Å². The highest BCUT2D eigenvalue weighted by molar-refractivity contribution is 6.39. The minimum absolute atomic E-state index is 0.00956. The molecule has 0 radical (unpaired) electrons. The van der Waals surface area contributed by atoms with Crippen molar-refractivity contribution in [1.82, 2.24) is 14.5 Å². The van der Waals surface area contributed by atoms with Gasteiger partial charge in [0.2, 0.25) is 5.72 Å². The summed E-state index contributed by atoms with van der Waals surface area (Å²) in [7, 11) is 0. The van der Waals surface area contributed by atoms with E-state index in [-0.39, 0.29) is 68.0 Å². The van der Waals surface area contributed by atoms with E-state index in [4.69, 9.17) is 14.2 Å². The molecule has 7 aromatic rings. The number of aliphatic hydroxyl groups excluding tert-OH is 1. The van der Waals surface area contributed by atoms with Crippen LogP contribution in [-0.2, 0) is 33.1 Å². The van der Waals surface area contributed by atoms with Gasteiger partial charge in [-0.3, -0.25) is 14.9 Å². The van der Waals surface area contributed by atoms with Crippen molar-refractivity contribution < 1.29 is 46.5 Å². The third kappa shape index (κ3) is 3.96. The topological polar surface area (TPSA) is 104 Å². The van der Waals surface area contributed by atoms with Crippen LogP contribution in [-0.4, -0.2) is 44.9 Å². The van der Waals surface area contributed by atoms with E-state index in [0.29, 0.717) is 0 Å². The maximum absolute atomic E-state index is 15.5. The number of amides is 2. The van der Waals surface area contributed by atoms with Gasteiger partial charge in [0.15, 0.2) is 35.6 Å². The van der Waals surface area contributed by atoms with Gasteiger partial charge in [0.1, 0.15) is 6.10 Å². The minimum atomic E-state index is -1.88. The van der Waals surface area contributed by atoms with Crippen molar-refractivity contribution in [3.8, 4) is 0 Å². The number of hydrogen-bond acceptors (Lipinski definition) is 6. The van der Waals surface area contributed by atoms with E-state index < -0.39 is 65.9 Å². The molecule has 9 nitrogen and oxygen atoms in total. The maximum atomic E-state index is 15.5. The fourth-order valence-corrected chi connectivity index (χ4v) is 8.45. The average Bonchev–Trinajstić information content (AvgIpc) is 3.81. The van der Waals surface area contributed by atoms with Crippen LogP contribution in [0.25, 0.3) is 43.6 Å². The summed E-state index contributed by atoms with van der Waals surface area (Å²) in [6.07, 6.45) is -3.72. The van der Waals surface area contributed by atoms with Gasteiger partial charge in [-0.15, -0.1) is 0 Å². The van der Waals surface area contributed by atoms with Gasteiger partial charge in [-0.25, -0.2) is 17.6 Å². The Hall–Kier alpha value is -5.60. The van der Waals surface area contributed by atoms with E-state index in [1.807, 2.05) is 60.7 Å². The number of carbonyl (C=O) groups excluding carboxylic acids is 2. The summed E-state index contributed by atoms with van der Waals surface area (Å²) >= 11 is 0. The summed E-state index contributed by atoms with van der Waals surface area (Å²) in [6.45, 7) is -0.748. The van der Waals surface area contributed by atoms with Crippen LogP contribution in [0.2, 0.25) is 0 Å². The minimum Gasteiger partial charge on any atom is -0.393 e. The van der Waals surface area contributed by atoms with Crippen molar-refractivity contribution in [1.29, 1.82) is 0 Å². The second kappa shape index (κ2) is 11.0. The number of hydrogen-bond donors (Lipinski definition) is 2. The Morgan fingerprint density at radius 3 is 1.88 bits per heavy atom. The highest BCUT2D eigenvalue weighted by atomic mass is 19.2. The summed E-state index contributed by atoms with van der Waals surface area (Å²) < 4.78 is 84.7. The third-order valence-electron chi connectivity index (χ3n) is 10.5. The lowest BCUT2D eigenvalue weighted by atomic mass is 9.96. The molecule has 5 aromatic carbocycles. The van der Waals surface area contributed by atoms with E-state index >= 15 is 17.6 Å². The highest BCUT2D eigenvalue weighted by Gasteiger charge is 2.64. The lowest BCUT2D eigenvalue weighted by molar-refractivity contribution is -0.208. The van der Waals surface area contributed by atoms with E-state index in [9.17, 15) is 14.7 Å². The van der Waals surface area contributed by atoms with Gasteiger partial charge in [-0.1, -0.05) is 60.7 Å². The molecule has 1 fully saturated rings. The Labute approximate surface area is 290 Å². The summed E-state index contributed by atoms with van der Waals surface area (Å²) in [5.41, 5.74) is -0.199. The molecule has 260 valence electrons. The number of nitrogens with one attached hydrogen (secondary N) is 1. The molecule has 0 spiro atoms. The summed E-state index contributed by atoms with van der Waals surface area (Å²) in [4.78, 5) is 27.4. The monoisotopic (exact) mass is 707 g/mol. The van der Waals surface area contributed by atoms with Gasteiger partial charge in [0, 0.05) is 33.7 Å². The molecule has 3 aliphatic heterocycles. The Bertz CT molecular complexity index is 2700. The third-order valence-corrected chi connectivity index (χ3v) is 10.5. The summed E-state index contributed by atoms with van der Waals surface area (Å²) in [5.74, 6) is -6.45. The zero-order chi connectivity index (χ0) is 35.6. The van der Waals surface area contributed by atoms with Crippen LogP contribution in [0.4, 0.5) is 17.6 Å². The van der Waals surface area contributed by atoms with Gasteiger partial charge >= 0.3 is 0 Å². The fourth-order valence-electron chi connectivity index (χ4n) is 8.45. The van der Waals surface area contributed by atoms with E-state index in [0.717, 1.165) is 35.4 Å². The summed E-state index contributed by atoms with van der Waals surface area (Å²) in [5, 5.41) is 13.7. The number of benzene rings is 5. The first kappa shape index (κ1) is 31.2. The molecule has 3 aliphatic rings. The lowest BCUT2D eigenvalue weighted by Crippen LogP contribution is -2.53. The van der Waals surface area contributed by atoms with Crippen LogP contribution >= 0.6 is 0 Å². The smallest absolute Gasteiger partial charge is 0.259 e. The van der Waals surface area contributed by atoms with Gasteiger partial charge in [0.05, 0.1) is 53.0 Å². The predicted octanol–water partition coefficient (Wildman–Crippen LogP) is 6.70. The Kier molecular flexibility index (Phi) is 6.56. The number of aliphatic hydroxyl groups is 1. The Morgan fingerprint density at radius 1 is 0.731 bits per heavy atom. The molecule has 1 saturated heterocycles. The van der Waals surface area contributed by atoms with Crippen LogP contribution < -0.4 is 5.32 Å². The quantitative estimate of drug-likeness (QED) is 0.141. The standard InChI is InChI=1S/C39H25F4N3O6/c40-22-11-20-26(13-24(22)42)45-33-29(20)31-32(37(49)44-36(31)48)30-21-12-23(41)25(43)14-27(21)46(34(30)33)39(51-17-19-9-5-2-6-10-19)28(15-47)52-38(45)35(39)50-16-18-7-3-1-4-8-18/h1-14,28,35,38,47H,15-17H2,(H,44,48,49)/t28?,35?,38-,39-/m1/s1. The largest absolute Gasteiger partial charge is 0.393 e. The first-order valence-electron chi connectivity index (χ1n) is 16.5. The SMILES string of the molecule is O=C1NC(=O)c2c1c1c3cc(F)c(F)cc3n3c1c1c2c2cc(F)c(F)cc2n1[C@@]1(OCc2ccccc2)C(CO)O[C@@H]3C1OCc1ccccc1. The van der Waals surface area contributed by atoms with Crippen molar-refractivity contribution in [3.63, 3.8) is 0 Å². The first-order valence-corrected chi connectivity index (χ1v) is 16.5. The van der Waals surface area contributed by atoms with Crippen molar-refractivity contribution in [2.75, 3.05) is 6.61 Å². The number of imide groups is 1. The molecule has 5 heterocycles. The van der Waals surface area contributed by atoms with Crippen LogP contribution in [0.5, 0.6) is 0 Å². The Balaban J connectivity index is 1.42. The molecule has 0 saturated carbocycles. The summed E-state index contributed by atoms with van der Waals surface area (Å²) in [6, 6.07) is 22.1. The molecule has 4 atom stereocenters. The second-order valence-electron chi connectivity index (χ2n) is 13.2. The van der Waals surface area contributed by atoms with Crippen molar-refractivity contribution in [2.24, 2.45) is 0 Å². The van der Waals surface area contributed by atoms with E-state index in [1.54, 1.807) is 9.13 Å². The normalized spacial score (nSPS) is 22.0. The molecule has 10 rings (SSSR count). The number of nitrogens with zero attached hydrogens (tertiary/aromatic N) is 2. The number of carbonyl (C=O) groups is 2. The average molecular weight is 708 g/mol. The van der Waals surface area contributed by atoms with Gasteiger partial charge in [0.25, 0.3) is 11.8 Å². The molecular formula is C39H25F4N3O6.